The van der Waals surface area contributed by atoms with Crippen molar-refractivity contribution in [1.29, 1.82) is 0 Å². The van der Waals surface area contributed by atoms with Gasteiger partial charge < -0.3 is 9.53 Å². The zero-order chi connectivity index (χ0) is 13.3. The van der Waals surface area contributed by atoms with Gasteiger partial charge in [0.1, 0.15) is 6.29 Å². The summed E-state index contributed by atoms with van der Waals surface area (Å²) in [5.41, 5.74) is 1.13. The van der Waals surface area contributed by atoms with E-state index in [0.717, 1.165) is 32.0 Å². The molecule has 1 aromatic rings. The topological polar surface area (TPSA) is 26.3 Å². The third kappa shape index (κ3) is 6.55. The van der Waals surface area contributed by atoms with Crippen molar-refractivity contribution in [3.8, 4) is 0 Å². The van der Waals surface area contributed by atoms with Crippen LogP contribution in [0.3, 0.4) is 0 Å². The summed E-state index contributed by atoms with van der Waals surface area (Å²) in [5.74, 6) is 0. The van der Waals surface area contributed by atoms with Crippen LogP contribution in [-0.4, -0.2) is 11.9 Å². The summed E-state index contributed by atoms with van der Waals surface area (Å²) >= 11 is 0. The smallest absolute Gasteiger partial charge is 0.119 e. The minimum absolute atomic E-state index is 0.0863. The summed E-state index contributed by atoms with van der Waals surface area (Å²) in [7, 11) is 0. The second-order valence-electron chi connectivity index (χ2n) is 5.30. The molecule has 100 valence electrons. The molecule has 2 nitrogen and oxygen atoms in total. The fraction of sp³-hybridized carbons (Fsp3) is 0.562. The van der Waals surface area contributed by atoms with Crippen molar-refractivity contribution in [2.75, 3.05) is 0 Å². The summed E-state index contributed by atoms with van der Waals surface area (Å²) < 4.78 is 5.95. The first-order chi connectivity index (χ1) is 8.64. The third-order valence-corrected chi connectivity index (χ3v) is 3.07. The van der Waals surface area contributed by atoms with Crippen LogP contribution in [0.4, 0.5) is 0 Å². The lowest BCUT2D eigenvalue weighted by Gasteiger charge is -2.25. The summed E-state index contributed by atoms with van der Waals surface area (Å²) in [5, 5.41) is 0. The molecule has 0 amide bonds. The molecule has 0 saturated heterocycles. The maximum atomic E-state index is 10.2. The Balaban J connectivity index is 2.20. The third-order valence-electron chi connectivity index (χ3n) is 3.07. The van der Waals surface area contributed by atoms with E-state index in [2.05, 4.69) is 26.0 Å². The van der Waals surface area contributed by atoms with Crippen LogP contribution in [0.25, 0.3) is 0 Å². The molecule has 0 N–H and O–H groups in total. The van der Waals surface area contributed by atoms with Gasteiger partial charge in [-0.3, -0.25) is 0 Å². The van der Waals surface area contributed by atoms with Gasteiger partial charge in [0.25, 0.3) is 0 Å². The molecule has 0 unspecified atom stereocenters. The number of carbonyl (C=O) groups is 1. The van der Waals surface area contributed by atoms with Crippen molar-refractivity contribution in [1.82, 2.24) is 0 Å². The molecule has 0 saturated carbocycles. The van der Waals surface area contributed by atoms with Gasteiger partial charge in [-0.2, -0.15) is 0 Å². The number of ether oxygens (including phenoxy) is 1. The number of rotatable bonds is 9. The molecule has 0 heterocycles. The maximum Gasteiger partial charge on any atom is 0.119 e. The monoisotopic (exact) mass is 248 g/mol. The summed E-state index contributed by atoms with van der Waals surface area (Å²) in [4.78, 5) is 10.2. The summed E-state index contributed by atoms with van der Waals surface area (Å²) in [6, 6.07) is 10.2. The van der Waals surface area contributed by atoms with Crippen LogP contribution in [0.5, 0.6) is 0 Å². The number of unbranched alkanes of at least 4 members (excludes halogenated alkanes) is 3. The van der Waals surface area contributed by atoms with Gasteiger partial charge in [-0.25, -0.2) is 0 Å². The first-order valence-electron chi connectivity index (χ1n) is 6.75. The highest BCUT2D eigenvalue weighted by molar-refractivity contribution is 5.48. The van der Waals surface area contributed by atoms with E-state index in [1.807, 2.05) is 18.2 Å². The Morgan fingerprint density at radius 1 is 1.11 bits per heavy atom. The molecule has 0 bridgehead atoms. The van der Waals surface area contributed by atoms with E-state index in [9.17, 15) is 4.79 Å². The Kier molecular flexibility index (Phi) is 6.66. The van der Waals surface area contributed by atoms with Crippen LogP contribution in [0.1, 0.15) is 51.5 Å². The number of carbonyl (C=O) groups excluding carboxylic acids is 1. The highest BCUT2D eigenvalue weighted by atomic mass is 16.5. The van der Waals surface area contributed by atoms with Crippen molar-refractivity contribution >= 4 is 6.29 Å². The lowest BCUT2D eigenvalue weighted by molar-refractivity contribution is -0.107. The Bertz CT molecular complexity index is 330. The van der Waals surface area contributed by atoms with Crippen molar-refractivity contribution in [2.45, 2.75) is 58.2 Å². The normalized spacial score (nSPS) is 11.4. The van der Waals surface area contributed by atoms with Crippen LogP contribution in [0, 0.1) is 0 Å². The maximum absolute atomic E-state index is 10.2. The zero-order valence-electron chi connectivity index (χ0n) is 11.5. The van der Waals surface area contributed by atoms with Crippen LogP contribution in [-0.2, 0) is 16.1 Å². The molecule has 0 aromatic heterocycles. The van der Waals surface area contributed by atoms with Crippen molar-refractivity contribution in [3.63, 3.8) is 0 Å². The van der Waals surface area contributed by atoms with Crippen LogP contribution >= 0.6 is 0 Å². The van der Waals surface area contributed by atoms with E-state index in [1.54, 1.807) is 0 Å². The minimum Gasteiger partial charge on any atom is -0.371 e. The van der Waals surface area contributed by atoms with E-state index >= 15 is 0 Å². The predicted octanol–water partition coefficient (Wildman–Crippen LogP) is 4.13. The lowest BCUT2D eigenvalue weighted by Crippen LogP contribution is -2.24. The molecule has 0 radical (unpaired) electrons. The molecule has 0 spiro atoms. The molecule has 0 atom stereocenters. The molecule has 1 aromatic carbocycles. The van der Waals surface area contributed by atoms with Crippen LogP contribution in [0.15, 0.2) is 30.3 Å². The Morgan fingerprint density at radius 2 is 1.83 bits per heavy atom. The summed E-state index contributed by atoms with van der Waals surface area (Å²) in [6.45, 7) is 4.94. The van der Waals surface area contributed by atoms with Gasteiger partial charge >= 0.3 is 0 Å². The van der Waals surface area contributed by atoms with Gasteiger partial charge in [-0.05, 0) is 32.3 Å². The zero-order valence-corrected chi connectivity index (χ0v) is 11.5. The second kappa shape index (κ2) is 8.04. The Morgan fingerprint density at radius 3 is 2.50 bits per heavy atom. The van der Waals surface area contributed by atoms with Gasteiger partial charge in [0, 0.05) is 6.42 Å². The van der Waals surface area contributed by atoms with Crippen molar-refractivity contribution < 1.29 is 9.53 Å². The largest absolute Gasteiger partial charge is 0.371 e. The standard InChI is InChI=1S/C16H24O2/c1-16(2,12-8-3-4-9-13-17)18-14-15-10-6-5-7-11-15/h5-7,10-11,13H,3-4,8-9,12,14H2,1-2H3. The van der Waals surface area contributed by atoms with E-state index in [1.165, 1.54) is 5.56 Å². The minimum atomic E-state index is -0.0863. The first kappa shape index (κ1) is 14.9. The lowest BCUT2D eigenvalue weighted by atomic mass is 10.00. The molecular weight excluding hydrogens is 224 g/mol. The van der Waals surface area contributed by atoms with Gasteiger partial charge in [0.05, 0.1) is 12.2 Å². The fourth-order valence-electron chi connectivity index (χ4n) is 1.88. The first-order valence-corrected chi connectivity index (χ1v) is 6.75. The number of aldehydes is 1. The van der Waals surface area contributed by atoms with E-state index in [-0.39, 0.29) is 5.60 Å². The average molecular weight is 248 g/mol. The number of hydrogen-bond donors (Lipinski definition) is 0. The molecule has 2 heteroatoms. The Hall–Kier alpha value is -1.15. The summed E-state index contributed by atoms with van der Waals surface area (Å²) in [6.07, 6.45) is 5.95. The van der Waals surface area contributed by atoms with E-state index in [4.69, 9.17) is 4.74 Å². The van der Waals surface area contributed by atoms with Gasteiger partial charge in [-0.15, -0.1) is 0 Å². The Labute approximate surface area is 110 Å². The molecule has 18 heavy (non-hydrogen) atoms. The highest BCUT2D eigenvalue weighted by Gasteiger charge is 2.17. The molecule has 0 fully saturated rings. The molecular formula is C16H24O2. The quantitative estimate of drug-likeness (QED) is 0.485. The number of benzene rings is 1. The average Bonchev–Trinajstić information content (AvgIpc) is 2.38. The van der Waals surface area contributed by atoms with E-state index < -0.39 is 0 Å². The molecule has 1 rings (SSSR count). The van der Waals surface area contributed by atoms with Gasteiger partial charge in [-0.1, -0.05) is 43.2 Å². The fourth-order valence-corrected chi connectivity index (χ4v) is 1.88. The van der Waals surface area contributed by atoms with Crippen molar-refractivity contribution in [2.24, 2.45) is 0 Å². The van der Waals surface area contributed by atoms with Gasteiger partial charge in [0.15, 0.2) is 0 Å². The van der Waals surface area contributed by atoms with Crippen LogP contribution < -0.4 is 0 Å². The molecule has 0 aliphatic carbocycles. The second-order valence-corrected chi connectivity index (χ2v) is 5.30. The van der Waals surface area contributed by atoms with E-state index in [0.29, 0.717) is 13.0 Å². The predicted molar refractivity (Wildman–Crippen MR) is 74.5 cm³/mol. The molecule has 0 aliphatic heterocycles. The highest BCUT2D eigenvalue weighted by Crippen LogP contribution is 2.20. The van der Waals surface area contributed by atoms with Gasteiger partial charge in [0.2, 0.25) is 0 Å². The number of hydrogen-bond acceptors (Lipinski definition) is 2. The SMILES string of the molecule is CC(C)(CCCCCC=O)OCc1ccccc1. The van der Waals surface area contributed by atoms with Crippen LogP contribution in [0.2, 0.25) is 0 Å². The van der Waals surface area contributed by atoms with Crippen molar-refractivity contribution in [3.05, 3.63) is 35.9 Å². The molecule has 0 aliphatic rings.